The molecule has 0 aromatic carbocycles. The standard InChI is InChI=1S/C7H13N5O/c1-5(8)4-12(7(9)13)6-2-3-10-11-6/h2-3,5H,4,8H2,1H3,(H2,9,13)(H,10,11). The Bertz CT molecular complexity index is 268. The molecule has 6 heteroatoms. The van der Waals surface area contributed by atoms with Crippen molar-refractivity contribution in [2.24, 2.45) is 11.5 Å². The second-order valence-electron chi connectivity index (χ2n) is 2.87. The minimum absolute atomic E-state index is 0.129. The van der Waals surface area contributed by atoms with Crippen molar-refractivity contribution in [3.8, 4) is 0 Å². The first-order valence-electron chi connectivity index (χ1n) is 3.93. The first-order chi connectivity index (χ1) is 6.11. The molecule has 1 unspecified atom stereocenters. The summed E-state index contributed by atoms with van der Waals surface area (Å²) >= 11 is 0. The van der Waals surface area contributed by atoms with Gasteiger partial charge in [-0.25, -0.2) is 4.79 Å². The Hall–Kier alpha value is -1.56. The summed E-state index contributed by atoms with van der Waals surface area (Å²) in [5.41, 5.74) is 10.7. The van der Waals surface area contributed by atoms with Crippen LogP contribution in [0.5, 0.6) is 0 Å². The first kappa shape index (κ1) is 9.53. The van der Waals surface area contributed by atoms with Crippen molar-refractivity contribution in [3.63, 3.8) is 0 Å². The summed E-state index contributed by atoms with van der Waals surface area (Å²) in [6, 6.07) is 0.991. The number of nitrogens with one attached hydrogen (secondary N) is 1. The van der Waals surface area contributed by atoms with Gasteiger partial charge in [0, 0.05) is 18.7 Å². The van der Waals surface area contributed by atoms with Crippen molar-refractivity contribution in [2.75, 3.05) is 11.4 Å². The van der Waals surface area contributed by atoms with Crippen LogP contribution in [-0.2, 0) is 0 Å². The van der Waals surface area contributed by atoms with E-state index in [1.807, 2.05) is 0 Å². The quantitative estimate of drug-likeness (QED) is 0.596. The van der Waals surface area contributed by atoms with Crippen LogP contribution >= 0.6 is 0 Å². The maximum absolute atomic E-state index is 11.0. The second kappa shape index (κ2) is 3.90. The van der Waals surface area contributed by atoms with E-state index in [0.29, 0.717) is 12.4 Å². The number of amides is 2. The average molecular weight is 183 g/mol. The number of rotatable bonds is 3. The van der Waals surface area contributed by atoms with Crippen LogP contribution in [0.1, 0.15) is 6.92 Å². The number of hydrogen-bond acceptors (Lipinski definition) is 3. The van der Waals surface area contributed by atoms with Crippen molar-refractivity contribution in [1.29, 1.82) is 0 Å². The molecule has 0 spiro atoms. The van der Waals surface area contributed by atoms with E-state index in [2.05, 4.69) is 10.2 Å². The molecule has 0 saturated heterocycles. The molecule has 13 heavy (non-hydrogen) atoms. The molecule has 1 aromatic heterocycles. The molecular formula is C7H13N5O. The minimum atomic E-state index is -0.540. The summed E-state index contributed by atoms with van der Waals surface area (Å²) in [5, 5.41) is 6.36. The highest BCUT2D eigenvalue weighted by atomic mass is 16.2. The number of nitrogens with zero attached hydrogens (tertiary/aromatic N) is 2. The van der Waals surface area contributed by atoms with Gasteiger partial charge in [0.1, 0.15) is 5.82 Å². The Balaban J connectivity index is 2.75. The van der Waals surface area contributed by atoms with E-state index in [1.165, 1.54) is 4.90 Å². The fraction of sp³-hybridized carbons (Fsp3) is 0.429. The summed E-state index contributed by atoms with van der Waals surface area (Å²) in [6.07, 6.45) is 1.55. The lowest BCUT2D eigenvalue weighted by Crippen LogP contribution is -2.43. The third-order valence-electron chi connectivity index (χ3n) is 1.51. The number of hydrogen-bond donors (Lipinski definition) is 3. The van der Waals surface area contributed by atoms with Crippen LogP contribution in [0.2, 0.25) is 0 Å². The normalized spacial score (nSPS) is 12.5. The van der Waals surface area contributed by atoms with Crippen molar-refractivity contribution in [2.45, 2.75) is 13.0 Å². The third kappa shape index (κ3) is 2.45. The fourth-order valence-corrected chi connectivity index (χ4v) is 0.994. The fourth-order valence-electron chi connectivity index (χ4n) is 0.994. The molecule has 0 aliphatic carbocycles. The second-order valence-corrected chi connectivity index (χ2v) is 2.87. The highest BCUT2D eigenvalue weighted by Crippen LogP contribution is 2.07. The predicted octanol–water partition coefficient (Wildman–Crippen LogP) is -0.358. The molecule has 1 aromatic rings. The maximum Gasteiger partial charge on any atom is 0.320 e. The molecule has 72 valence electrons. The van der Waals surface area contributed by atoms with Crippen LogP contribution in [-0.4, -0.2) is 28.8 Å². The Labute approximate surface area is 75.9 Å². The minimum Gasteiger partial charge on any atom is -0.351 e. The molecule has 0 aliphatic rings. The lowest BCUT2D eigenvalue weighted by atomic mass is 10.3. The van der Waals surface area contributed by atoms with E-state index in [1.54, 1.807) is 19.2 Å². The molecule has 1 atom stereocenters. The number of H-pyrrole nitrogens is 1. The molecule has 0 fully saturated rings. The van der Waals surface area contributed by atoms with Gasteiger partial charge in [0.15, 0.2) is 0 Å². The van der Waals surface area contributed by atoms with Crippen molar-refractivity contribution in [1.82, 2.24) is 10.2 Å². The summed E-state index contributed by atoms with van der Waals surface area (Å²) in [5.74, 6) is 0.560. The van der Waals surface area contributed by atoms with E-state index >= 15 is 0 Å². The molecule has 0 bridgehead atoms. The van der Waals surface area contributed by atoms with E-state index in [9.17, 15) is 4.79 Å². The smallest absolute Gasteiger partial charge is 0.320 e. The SMILES string of the molecule is CC(N)CN(C(N)=O)c1ccn[nH]1. The van der Waals surface area contributed by atoms with Gasteiger partial charge < -0.3 is 11.5 Å². The summed E-state index contributed by atoms with van der Waals surface area (Å²) in [6.45, 7) is 2.17. The molecule has 0 aliphatic heterocycles. The van der Waals surface area contributed by atoms with E-state index in [-0.39, 0.29) is 6.04 Å². The third-order valence-corrected chi connectivity index (χ3v) is 1.51. The zero-order valence-electron chi connectivity index (χ0n) is 7.40. The van der Waals surface area contributed by atoms with Crippen LogP contribution in [0, 0.1) is 0 Å². The summed E-state index contributed by atoms with van der Waals surface area (Å²) < 4.78 is 0. The Morgan fingerprint density at radius 1 is 1.85 bits per heavy atom. The van der Waals surface area contributed by atoms with Crippen LogP contribution < -0.4 is 16.4 Å². The van der Waals surface area contributed by atoms with Gasteiger partial charge in [-0.3, -0.25) is 10.00 Å². The van der Waals surface area contributed by atoms with Gasteiger partial charge in [-0.05, 0) is 6.92 Å². The van der Waals surface area contributed by atoms with Gasteiger partial charge in [-0.15, -0.1) is 0 Å². The lowest BCUT2D eigenvalue weighted by Gasteiger charge is -2.19. The zero-order chi connectivity index (χ0) is 9.84. The number of aromatic nitrogens is 2. The Morgan fingerprint density at radius 3 is 2.92 bits per heavy atom. The Morgan fingerprint density at radius 2 is 2.54 bits per heavy atom. The van der Waals surface area contributed by atoms with E-state index in [0.717, 1.165) is 0 Å². The first-order valence-corrected chi connectivity index (χ1v) is 3.93. The number of urea groups is 1. The lowest BCUT2D eigenvalue weighted by molar-refractivity contribution is 0.253. The van der Waals surface area contributed by atoms with Gasteiger partial charge in [0.25, 0.3) is 0 Å². The topological polar surface area (TPSA) is 101 Å². The van der Waals surface area contributed by atoms with Gasteiger partial charge in [0.05, 0.1) is 6.20 Å². The van der Waals surface area contributed by atoms with Gasteiger partial charge >= 0.3 is 6.03 Å². The van der Waals surface area contributed by atoms with Crippen molar-refractivity contribution in [3.05, 3.63) is 12.3 Å². The predicted molar refractivity (Wildman–Crippen MR) is 49.2 cm³/mol. The molecule has 6 nitrogen and oxygen atoms in total. The Kier molecular flexibility index (Phi) is 2.86. The van der Waals surface area contributed by atoms with E-state index in [4.69, 9.17) is 11.5 Å². The summed E-state index contributed by atoms with van der Waals surface area (Å²) in [7, 11) is 0. The number of primary amides is 1. The van der Waals surface area contributed by atoms with Crippen LogP contribution in [0.15, 0.2) is 12.3 Å². The molecule has 0 radical (unpaired) electrons. The largest absolute Gasteiger partial charge is 0.351 e. The molecule has 2 amide bonds. The number of nitrogens with two attached hydrogens (primary N) is 2. The molecule has 0 saturated carbocycles. The number of carbonyl (C=O) groups excluding carboxylic acids is 1. The number of carbonyl (C=O) groups is 1. The molecule has 1 rings (SSSR count). The van der Waals surface area contributed by atoms with Gasteiger partial charge in [-0.2, -0.15) is 5.10 Å². The van der Waals surface area contributed by atoms with Crippen LogP contribution in [0.3, 0.4) is 0 Å². The van der Waals surface area contributed by atoms with Gasteiger partial charge in [0.2, 0.25) is 0 Å². The zero-order valence-corrected chi connectivity index (χ0v) is 7.40. The highest BCUT2D eigenvalue weighted by molar-refractivity contribution is 5.89. The molecule has 5 N–H and O–H groups in total. The van der Waals surface area contributed by atoms with Crippen LogP contribution in [0.25, 0.3) is 0 Å². The number of aromatic amines is 1. The van der Waals surface area contributed by atoms with Crippen molar-refractivity contribution < 1.29 is 4.79 Å². The van der Waals surface area contributed by atoms with Crippen molar-refractivity contribution >= 4 is 11.8 Å². The molecular weight excluding hydrogens is 170 g/mol. The van der Waals surface area contributed by atoms with Crippen LogP contribution in [0.4, 0.5) is 10.6 Å². The van der Waals surface area contributed by atoms with Gasteiger partial charge in [-0.1, -0.05) is 0 Å². The summed E-state index contributed by atoms with van der Waals surface area (Å²) in [4.78, 5) is 12.3. The highest BCUT2D eigenvalue weighted by Gasteiger charge is 2.14. The van der Waals surface area contributed by atoms with E-state index < -0.39 is 6.03 Å². The maximum atomic E-state index is 11.0. The monoisotopic (exact) mass is 183 g/mol. The average Bonchev–Trinajstić information content (AvgIpc) is 2.50. The number of anilines is 1. The molecule has 1 heterocycles.